The Kier molecular flexibility index (Phi) is 6.77. The first kappa shape index (κ1) is 20.7. The maximum Gasteiger partial charge on any atom is 0.140 e. The van der Waals surface area contributed by atoms with Crippen LogP contribution in [0.3, 0.4) is 0 Å². The first-order valence-electron chi connectivity index (χ1n) is 11.2. The zero-order valence-corrected chi connectivity index (χ0v) is 18.4. The van der Waals surface area contributed by atoms with Crippen LogP contribution in [0.1, 0.15) is 57.4 Å². The van der Waals surface area contributed by atoms with E-state index < -0.39 is 0 Å². The molecule has 0 bridgehead atoms. The molecule has 1 aliphatic heterocycles. The van der Waals surface area contributed by atoms with E-state index in [1.165, 1.54) is 54.0 Å². The van der Waals surface area contributed by atoms with E-state index >= 15 is 0 Å². The Morgan fingerprint density at radius 2 is 1.62 bits per heavy atom. The molecule has 0 aromatic heterocycles. The quantitative estimate of drug-likeness (QED) is 0.557. The molecule has 154 valence electrons. The highest BCUT2D eigenvalue weighted by molar-refractivity contribution is 7.99. The first-order chi connectivity index (χ1) is 14.2. The van der Waals surface area contributed by atoms with E-state index in [0.717, 1.165) is 31.8 Å². The highest BCUT2D eigenvalue weighted by Gasteiger charge is 2.42. The van der Waals surface area contributed by atoms with Gasteiger partial charge in [0, 0.05) is 16.3 Å². The maximum atomic E-state index is 13.0. The molecule has 2 nitrogen and oxygen atoms in total. The molecule has 1 heterocycles. The number of ketones is 1. The van der Waals surface area contributed by atoms with Crippen molar-refractivity contribution < 1.29 is 4.79 Å². The number of rotatable bonds is 6. The third-order valence-electron chi connectivity index (χ3n) is 7.00. The van der Waals surface area contributed by atoms with Crippen LogP contribution in [0.4, 0.5) is 0 Å². The van der Waals surface area contributed by atoms with Crippen LogP contribution in [0.2, 0.25) is 0 Å². The molecule has 1 saturated carbocycles. The Hall–Kier alpha value is -1.58. The second-order valence-corrected chi connectivity index (χ2v) is 9.97. The molecule has 0 unspecified atom stereocenters. The molecule has 29 heavy (non-hydrogen) atoms. The Morgan fingerprint density at radius 3 is 2.31 bits per heavy atom. The average molecular weight is 408 g/mol. The smallest absolute Gasteiger partial charge is 0.140 e. The van der Waals surface area contributed by atoms with Gasteiger partial charge in [0.25, 0.3) is 0 Å². The largest absolute Gasteiger partial charge is 0.303 e. The van der Waals surface area contributed by atoms with Gasteiger partial charge in [-0.25, -0.2) is 0 Å². The van der Waals surface area contributed by atoms with Gasteiger partial charge >= 0.3 is 0 Å². The van der Waals surface area contributed by atoms with E-state index in [2.05, 4.69) is 59.5 Å². The highest BCUT2D eigenvalue weighted by Crippen LogP contribution is 2.43. The monoisotopic (exact) mass is 407 g/mol. The van der Waals surface area contributed by atoms with E-state index in [1.54, 1.807) is 18.7 Å². The highest BCUT2D eigenvalue weighted by atomic mass is 32.2. The molecule has 3 heteroatoms. The fourth-order valence-corrected chi connectivity index (χ4v) is 6.30. The van der Waals surface area contributed by atoms with Gasteiger partial charge in [-0.05, 0) is 75.4 Å². The van der Waals surface area contributed by atoms with Gasteiger partial charge in [-0.15, -0.1) is 0 Å². The summed E-state index contributed by atoms with van der Waals surface area (Å²) in [6.07, 6.45) is 8.90. The predicted octanol–water partition coefficient (Wildman–Crippen LogP) is 6.34. The SMILES string of the molecule is CC(=O)C1(c2ccccc2Sc2ccccc2)CCN(CC2CCCCC2)CC1. The van der Waals surface area contributed by atoms with Crippen LogP contribution in [0.5, 0.6) is 0 Å². The van der Waals surface area contributed by atoms with E-state index in [-0.39, 0.29) is 5.41 Å². The summed E-state index contributed by atoms with van der Waals surface area (Å²) in [6, 6.07) is 19.1. The minimum absolute atomic E-state index is 0.330. The zero-order chi connectivity index (χ0) is 20.1. The van der Waals surface area contributed by atoms with Crippen LogP contribution >= 0.6 is 11.8 Å². The minimum Gasteiger partial charge on any atom is -0.303 e. The van der Waals surface area contributed by atoms with Crippen LogP contribution in [0.25, 0.3) is 0 Å². The minimum atomic E-state index is -0.332. The number of nitrogens with zero attached hydrogens (tertiary/aromatic N) is 1. The lowest BCUT2D eigenvalue weighted by atomic mass is 9.70. The van der Waals surface area contributed by atoms with Gasteiger partial charge in [-0.3, -0.25) is 4.79 Å². The van der Waals surface area contributed by atoms with E-state index in [1.807, 2.05) is 0 Å². The zero-order valence-electron chi connectivity index (χ0n) is 17.6. The molecule has 2 aromatic rings. The van der Waals surface area contributed by atoms with Crippen molar-refractivity contribution in [1.29, 1.82) is 0 Å². The number of piperidine rings is 1. The van der Waals surface area contributed by atoms with Gasteiger partial charge in [0.2, 0.25) is 0 Å². The molecular weight excluding hydrogens is 374 g/mol. The van der Waals surface area contributed by atoms with Crippen molar-refractivity contribution in [2.45, 2.75) is 67.1 Å². The summed E-state index contributed by atoms with van der Waals surface area (Å²) < 4.78 is 0. The fraction of sp³-hybridized carbons (Fsp3) is 0.500. The summed E-state index contributed by atoms with van der Waals surface area (Å²) in [5, 5.41) is 0. The number of carbonyl (C=O) groups is 1. The number of carbonyl (C=O) groups excluding carboxylic acids is 1. The summed E-state index contributed by atoms with van der Waals surface area (Å²) >= 11 is 1.79. The normalized spacial score (nSPS) is 20.4. The van der Waals surface area contributed by atoms with E-state index in [4.69, 9.17) is 0 Å². The molecule has 2 aliphatic rings. The summed E-state index contributed by atoms with van der Waals surface area (Å²) in [5.74, 6) is 1.20. The van der Waals surface area contributed by atoms with Crippen molar-refractivity contribution in [3.63, 3.8) is 0 Å². The molecule has 2 fully saturated rings. The summed E-state index contributed by atoms with van der Waals surface area (Å²) in [6.45, 7) is 5.12. The van der Waals surface area contributed by atoms with Gasteiger partial charge in [-0.1, -0.05) is 67.4 Å². The van der Waals surface area contributed by atoms with Crippen LogP contribution < -0.4 is 0 Å². The van der Waals surface area contributed by atoms with Gasteiger partial charge in [0.1, 0.15) is 5.78 Å². The van der Waals surface area contributed by atoms with Gasteiger partial charge in [0.05, 0.1) is 5.41 Å². The van der Waals surface area contributed by atoms with Crippen LogP contribution in [-0.4, -0.2) is 30.3 Å². The molecule has 0 atom stereocenters. The predicted molar refractivity (Wildman–Crippen MR) is 122 cm³/mol. The van der Waals surface area contributed by atoms with Crippen molar-refractivity contribution in [2.24, 2.45) is 5.92 Å². The third-order valence-corrected chi connectivity index (χ3v) is 8.08. The van der Waals surface area contributed by atoms with Crippen molar-refractivity contribution in [3.8, 4) is 0 Å². The molecule has 0 radical (unpaired) electrons. The standard InChI is InChI=1S/C26H33NOS/c1-21(28)26(16-18-27(19-17-26)20-22-10-4-2-5-11-22)24-14-8-9-15-25(24)29-23-12-6-3-7-13-23/h3,6-9,12-15,22H,2,4-5,10-11,16-20H2,1H3. The molecule has 4 rings (SSSR count). The topological polar surface area (TPSA) is 20.3 Å². The molecule has 2 aromatic carbocycles. The van der Waals surface area contributed by atoms with Crippen molar-refractivity contribution in [2.75, 3.05) is 19.6 Å². The molecule has 0 amide bonds. The number of likely N-dealkylation sites (tertiary alicyclic amines) is 1. The lowest BCUT2D eigenvalue weighted by molar-refractivity contribution is -0.124. The number of hydrogen-bond acceptors (Lipinski definition) is 3. The van der Waals surface area contributed by atoms with Gasteiger partial charge < -0.3 is 4.90 Å². The van der Waals surface area contributed by atoms with E-state index in [0.29, 0.717) is 5.78 Å². The Balaban J connectivity index is 1.52. The molecular formula is C26H33NOS. The Bertz CT molecular complexity index is 804. The molecule has 1 saturated heterocycles. The maximum absolute atomic E-state index is 13.0. The molecule has 0 N–H and O–H groups in total. The molecule has 1 aliphatic carbocycles. The second-order valence-electron chi connectivity index (χ2n) is 8.85. The fourth-order valence-electron chi connectivity index (χ4n) is 5.23. The summed E-state index contributed by atoms with van der Waals surface area (Å²) in [7, 11) is 0. The van der Waals surface area contributed by atoms with Gasteiger partial charge in [-0.2, -0.15) is 0 Å². The number of Topliss-reactive ketones (excluding diaryl/α,β-unsaturated/α-hetero) is 1. The second kappa shape index (κ2) is 9.49. The lowest BCUT2D eigenvalue weighted by Gasteiger charge is -2.42. The Morgan fingerprint density at radius 1 is 0.966 bits per heavy atom. The molecule has 0 spiro atoms. The van der Waals surface area contributed by atoms with Crippen LogP contribution in [0, 0.1) is 5.92 Å². The van der Waals surface area contributed by atoms with Crippen molar-refractivity contribution >= 4 is 17.5 Å². The number of benzene rings is 2. The number of hydrogen-bond donors (Lipinski definition) is 0. The summed E-state index contributed by atoms with van der Waals surface area (Å²) in [5.41, 5.74) is 0.903. The van der Waals surface area contributed by atoms with Crippen molar-refractivity contribution in [1.82, 2.24) is 4.90 Å². The summed E-state index contributed by atoms with van der Waals surface area (Å²) in [4.78, 5) is 18.1. The first-order valence-corrected chi connectivity index (χ1v) is 12.0. The average Bonchev–Trinajstić information content (AvgIpc) is 2.76. The lowest BCUT2D eigenvalue weighted by Crippen LogP contribution is -2.48. The van der Waals surface area contributed by atoms with Crippen LogP contribution in [-0.2, 0) is 10.2 Å². The van der Waals surface area contributed by atoms with Gasteiger partial charge in [0.15, 0.2) is 0 Å². The van der Waals surface area contributed by atoms with Crippen molar-refractivity contribution in [3.05, 3.63) is 60.2 Å². The Labute approximate surface area is 180 Å². The van der Waals surface area contributed by atoms with E-state index in [9.17, 15) is 4.79 Å². The third kappa shape index (κ3) is 4.78. The van der Waals surface area contributed by atoms with Crippen LogP contribution in [0.15, 0.2) is 64.4 Å².